The standard InChI is InChI=1S/C21H27NO3S/c1-14(2)10-11-25-16-8-6-15(7-9-16)12-17-20(24)22-19(26-17)13-18(23)21(3,4)5/h6-9,12-14H,10-11H2,1-5H3,(H,22,24)/b17-12-,19-13-. The lowest BCUT2D eigenvalue weighted by molar-refractivity contribution is -0.119. The number of ether oxygens (including phenoxy) is 1. The summed E-state index contributed by atoms with van der Waals surface area (Å²) in [5.41, 5.74) is 0.276. The third-order valence-electron chi connectivity index (χ3n) is 3.82. The summed E-state index contributed by atoms with van der Waals surface area (Å²) in [6.45, 7) is 10.6. The van der Waals surface area contributed by atoms with E-state index in [-0.39, 0.29) is 11.3 Å². The molecular formula is C21H27NO3S. The van der Waals surface area contributed by atoms with Gasteiger partial charge in [0.15, 0.2) is 5.78 Å². The third-order valence-corrected chi connectivity index (χ3v) is 4.79. The van der Waals surface area contributed by atoms with Crippen LogP contribution in [0.5, 0.6) is 5.75 Å². The molecule has 4 nitrogen and oxygen atoms in total. The topological polar surface area (TPSA) is 59.2 Å². The van der Waals surface area contributed by atoms with E-state index in [2.05, 4.69) is 18.8 Å². The predicted molar refractivity (Wildman–Crippen MR) is 108 cm³/mol. The summed E-state index contributed by atoms with van der Waals surface area (Å²) in [4.78, 5) is 26.9. The van der Waals surface area contributed by atoms with Crippen LogP contribution in [0.2, 0.25) is 0 Å². The molecule has 1 aromatic heterocycles. The van der Waals surface area contributed by atoms with Gasteiger partial charge in [-0.3, -0.25) is 9.59 Å². The van der Waals surface area contributed by atoms with E-state index in [0.29, 0.717) is 21.7 Å². The van der Waals surface area contributed by atoms with Crippen molar-refractivity contribution in [2.45, 2.75) is 41.0 Å². The Labute approximate surface area is 158 Å². The van der Waals surface area contributed by atoms with Crippen LogP contribution in [0.4, 0.5) is 0 Å². The number of aromatic nitrogens is 1. The highest BCUT2D eigenvalue weighted by Crippen LogP contribution is 2.15. The van der Waals surface area contributed by atoms with Gasteiger partial charge in [0.2, 0.25) is 0 Å². The van der Waals surface area contributed by atoms with Crippen LogP contribution < -0.4 is 19.5 Å². The van der Waals surface area contributed by atoms with Crippen molar-refractivity contribution in [2.24, 2.45) is 11.3 Å². The summed E-state index contributed by atoms with van der Waals surface area (Å²) in [6, 6.07) is 7.66. The Kier molecular flexibility index (Phi) is 6.59. The minimum absolute atomic E-state index is 0.00977. The maximum atomic E-state index is 12.1. The number of thiazole rings is 1. The van der Waals surface area contributed by atoms with Crippen molar-refractivity contribution in [3.63, 3.8) is 0 Å². The molecule has 0 saturated carbocycles. The number of hydrogen-bond acceptors (Lipinski definition) is 4. The predicted octanol–water partition coefficient (Wildman–Crippen LogP) is 3.09. The van der Waals surface area contributed by atoms with Crippen LogP contribution in [0, 0.1) is 11.3 Å². The van der Waals surface area contributed by atoms with Crippen molar-refractivity contribution in [3.8, 4) is 5.75 Å². The molecule has 0 atom stereocenters. The molecule has 0 saturated heterocycles. The molecule has 26 heavy (non-hydrogen) atoms. The fourth-order valence-electron chi connectivity index (χ4n) is 2.08. The van der Waals surface area contributed by atoms with Gasteiger partial charge in [-0.2, -0.15) is 0 Å². The van der Waals surface area contributed by atoms with Crippen molar-refractivity contribution in [3.05, 3.63) is 49.4 Å². The maximum Gasteiger partial charge on any atom is 0.266 e. The lowest BCUT2D eigenvalue weighted by Crippen LogP contribution is -2.22. The monoisotopic (exact) mass is 373 g/mol. The molecule has 0 radical (unpaired) electrons. The molecule has 0 aliphatic rings. The number of rotatable bonds is 6. The second-order valence-corrected chi connectivity index (χ2v) is 8.87. The Morgan fingerprint density at radius 3 is 2.46 bits per heavy atom. The zero-order valence-electron chi connectivity index (χ0n) is 16.1. The number of carbonyl (C=O) groups is 1. The molecule has 2 aromatic rings. The molecule has 1 aromatic carbocycles. The Hall–Kier alpha value is -2.14. The highest BCUT2D eigenvalue weighted by atomic mass is 32.1. The van der Waals surface area contributed by atoms with Crippen molar-refractivity contribution in [1.29, 1.82) is 0 Å². The maximum absolute atomic E-state index is 12.1. The summed E-state index contributed by atoms with van der Waals surface area (Å²) in [5, 5.41) is 0. The Bertz CT molecular complexity index is 912. The van der Waals surface area contributed by atoms with Crippen molar-refractivity contribution < 1.29 is 9.53 Å². The molecule has 0 bridgehead atoms. The van der Waals surface area contributed by atoms with Crippen molar-refractivity contribution in [1.82, 2.24) is 4.98 Å². The first-order valence-corrected chi connectivity index (χ1v) is 9.66. The van der Waals surface area contributed by atoms with Gasteiger partial charge in [-0.15, -0.1) is 11.3 Å². The molecule has 1 N–H and O–H groups in total. The molecule has 0 unspecified atom stereocenters. The van der Waals surface area contributed by atoms with E-state index in [4.69, 9.17) is 4.74 Å². The van der Waals surface area contributed by atoms with E-state index in [0.717, 1.165) is 17.7 Å². The molecule has 0 amide bonds. The van der Waals surface area contributed by atoms with E-state index < -0.39 is 5.41 Å². The first kappa shape index (κ1) is 20.2. The molecule has 0 aliphatic carbocycles. The lowest BCUT2D eigenvalue weighted by atomic mass is 9.91. The zero-order chi connectivity index (χ0) is 19.3. The summed E-state index contributed by atoms with van der Waals surface area (Å²) in [6.07, 6.45) is 4.35. The van der Waals surface area contributed by atoms with E-state index in [1.165, 1.54) is 17.4 Å². The lowest BCUT2D eigenvalue weighted by Gasteiger charge is -2.12. The number of nitrogens with one attached hydrogen (secondary N) is 1. The first-order valence-electron chi connectivity index (χ1n) is 8.85. The highest BCUT2D eigenvalue weighted by molar-refractivity contribution is 7.07. The van der Waals surface area contributed by atoms with E-state index in [1.807, 2.05) is 51.1 Å². The largest absolute Gasteiger partial charge is 0.494 e. The van der Waals surface area contributed by atoms with Gasteiger partial charge in [0.1, 0.15) is 5.75 Å². The van der Waals surface area contributed by atoms with E-state index in [9.17, 15) is 9.59 Å². The summed E-state index contributed by atoms with van der Waals surface area (Å²) in [7, 11) is 0. The SMILES string of the molecule is CC(C)CCOc1ccc(/C=c2\s/c(=C\C(=O)C(C)(C)C)[nH]c2=O)cc1. The van der Waals surface area contributed by atoms with Gasteiger partial charge in [0.25, 0.3) is 5.56 Å². The zero-order valence-corrected chi connectivity index (χ0v) is 16.9. The third kappa shape index (κ3) is 5.99. The number of ketones is 1. The molecule has 2 rings (SSSR count). The minimum atomic E-state index is -0.462. The molecule has 0 spiro atoms. The van der Waals surface area contributed by atoms with Crippen LogP contribution in [0.15, 0.2) is 29.1 Å². The molecule has 0 fully saturated rings. The van der Waals surface area contributed by atoms with Crippen LogP contribution >= 0.6 is 11.3 Å². The summed E-state index contributed by atoms with van der Waals surface area (Å²) in [5.74, 6) is 1.43. The highest BCUT2D eigenvalue weighted by Gasteiger charge is 2.18. The Morgan fingerprint density at radius 1 is 1.23 bits per heavy atom. The van der Waals surface area contributed by atoms with Gasteiger partial charge >= 0.3 is 0 Å². The number of H-pyrrole nitrogens is 1. The quantitative estimate of drug-likeness (QED) is 0.846. The average molecular weight is 374 g/mol. The number of benzene rings is 1. The van der Waals surface area contributed by atoms with Gasteiger partial charge in [-0.25, -0.2) is 0 Å². The minimum Gasteiger partial charge on any atom is -0.494 e. The molecule has 0 aliphatic heterocycles. The Morgan fingerprint density at radius 2 is 1.88 bits per heavy atom. The van der Waals surface area contributed by atoms with Crippen molar-refractivity contribution in [2.75, 3.05) is 6.61 Å². The van der Waals surface area contributed by atoms with E-state index in [1.54, 1.807) is 0 Å². The smallest absolute Gasteiger partial charge is 0.266 e. The van der Waals surface area contributed by atoms with Crippen LogP contribution in [0.1, 0.15) is 46.6 Å². The average Bonchev–Trinajstić information content (AvgIpc) is 2.87. The van der Waals surface area contributed by atoms with Gasteiger partial charge in [-0.05, 0) is 36.1 Å². The van der Waals surface area contributed by atoms with Crippen LogP contribution in [0.3, 0.4) is 0 Å². The van der Waals surface area contributed by atoms with E-state index >= 15 is 0 Å². The number of Topliss-reactive ketones (excluding diaryl/α,β-unsaturated/α-hetero) is 1. The molecular weight excluding hydrogens is 346 g/mol. The fraction of sp³-hybridized carbons (Fsp3) is 0.429. The van der Waals surface area contributed by atoms with Gasteiger partial charge in [-0.1, -0.05) is 46.8 Å². The van der Waals surface area contributed by atoms with Gasteiger partial charge in [0, 0.05) is 11.5 Å². The normalized spacial score (nSPS) is 13.5. The van der Waals surface area contributed by atoms with Crippen LogP contribution in [-0.2, 0) is 4.79 Å². The first-order chi connectivity index (χ1) is 12.1. The fourth-order valence-corrected chi connectivity index (χ4v) is 2.97. The van der Waals surface area contributed by atoms with Gasteiger partial charge in [0.05, 0.1) is 15.8 Å². The second-order valence-electron chi connectivity index (χ2n) is 7.79. The Balaban J connectivity index is 2.19. The summed E-state index contributed by atoms with van der Waals surface area (Å²) < 4.78 is 6.86. The number of aromatic amines is 1. The van der Waals surface area contributed by atoms with Crippen LogP contribution in [-0.4, -0.2) is 17.4 Å². The second kappa shape index (κ2) is 8.49. The van der Waals surface area contributed by atoms with Gasteiger partial charge < -0.3 is 9.72 Å². The number of carbonyl (C=O) groups excluding carboxylic acids is 1. The van der Waals surface area contributed by atoms with Crippen LogP contribution in [0.25, 0.3) is 12.2 Å². The number of hydrogen-bond donors (Lipinski definition) is 1. The van der Waals surface area contributed by atoms with Crippen molar-refractivity contribution >= 4 is 29.3 Å². The summed E-state index contributed by atoms with van der Waals surface area (Å²) >= 11 is 1.29. The molecule has 5 heteroatoms. The molecule has 140 valence electrons. The molecule has 1 heterocycles.